The normalized spacial score (nSPS) is 9.90. The highest BCUT2D eigenvalue weighted by Gasteiger charge is 2.06. The Bertz CT molecular complexity index is 453. The van der Waals surface area contributed by atoms with Crippen molar-refractivity contribution < 1.29 is 9.53 Å². The molecule has 0 aromatic carbocycles. The smallest absolute Gasteiger partial charge is 0.323 e. The number of rotatable bonds is 8. The Morgan fingerprint density at radius 2 is 1.90 bits per heavy atom. The largest absolute Gasteiger partial charge is 0.463 e. The van der Waals surface area contributed by atoms with Crippen LogP contribution in [0.1, 0.15) is 13.3 Å². The lowest BCUT2D eigenvalue weighted by Gasteiger charge is -2.12. The number of hydrogen-bond donors (Lipinski definition) is 3. The highest BCUT2D eigenvalue weighted by molar-refractivity contribution is 5.73. The number of amides is 2. The lowest BCUT2D eigenvalue weighted by molar-refractivity contribution is 0.218. The number of aromatic nitrogens is 3. The first-order valence-corrected chi connectivity index (χ1v) is 6.82. The van der Waals surface area contributed by atoms with E-state index in [1.807, 2.05) is 6.92 Å². The summed E-state index contributed by atoms with van der Waals surface area (Å²) in [5.41, 5.74) is 0. The summed E-state index contributed by atoms with van der Waals surface area (Å²) < 4.78 is 5.40. The molecule has 118 valence electrons. The van der Waals surface area contributed by atoms with Crippen LogP contribution in [0.4, 0.5) is 16.7 Å². The summed E-state index contributed by atoms with van der Waals surface area (Å²) in [6.07, 6.45) is 0.875. The molecule has 0 atom stereocenters. The van der Waals surface area contributed by atoms with Gasteiger partial charge in [0.1, 0.15) is 0 Å². The molecule has 1 aromatic heterocycles. The summed E-state index contributed by atoms with van der Waals surface area (Å²) in [5, 5.41) is 8.60. The maximum atomic E-state index is 11.3. The number of carbonyl (C=O) groups is 1. The molecule has 0 unspecified atom stereocenters. The second-order valence-electron chi connectivity index (χ2n) is 4.42. The Balaban J connectivity index is 2.51. The van der Waals surface area contributed by atoms with E-state index < -0.39 is 0 Å². The fraction of sp³-hybridized carbons (Fsp3) is 0.667. The van der Waals surface area contributed by atoms with E-state index in [0.29, 0.717) is 31.6 Å². The summed E-state index contributed by atoms with van der Waals surface area (Å²) in [4.78, 5) is 25.2. The van der Waals surface area contributed by atoms with Crippen LogP contribution in [0.2, 0.25) is 0 Å². The molecular weight excluding hydrogens is 274 g/mol. The summed E-state index contributed by atoms with van der Waals surface area (Å²) in [5.74, 6) is 0.829. The third-order valence-electron chi connectivity index (χ3n) is 2.36. The minimum atomic E-state index is -0.143. The lowest BCUT2D eigenvalue weighted by atomic mass is 10.5. The van der Waals surface area contributed by atoms with E-state index in [2.05, 4.69) is 30.9 Å². The molecule has 2 amide bonds. The summed E-state index contributed by atoms with van der Waals surface area (Å²) >= 11 is 0. The molecule has 0 saturated heterocycles. The molecule has 0 aliphatic rings. The predicted octanol–water partition coefficient (Wildman–Crippen LogP) is 0.385. The second kappa shape index (κ2) is 8.77. The van der Waals surface area contributed by atoms with Crippen molar-refractivity contribution in [1.82, 2.24) is 25.2 Å². The zero-order valence-electron chi connectivity index (χ0n) is 12.9. The van der Waals surface area contributed by atoms with E-state index in [-0.39, 0.29) is 12.0 Å². The Morgan fingerprint density at radius 3 is 2.52 bits per heavy atom. The van der Waals surface area contributed by atoms with Crippen molar-refractivity contribution in [2.24, 2.45) is 0 Å². The van der Waals surface area contributed by atoms with Crippen molar-refractivity contribution in [3.8, 4) is 6.01 Å². The number of anilines is 2. The molecule has 0 bridgehead atoms. The quantitative estimate of drug-likeness (QED) is 0.596. The minimum Gasteiger partial charge on any atom is -0.463 e. The number of urea groups is 1. The Kier molecular flexibility index (Phi) is 6.99. The molecule has 1 heterocycles. The van der Waals surface area contributed by atoms with Crippen LogP contribution in [0.15, 0.2) is 0 Å². The molecule has 21 heavy (non-hydrogen) atoms. The predicted molar refractivity (Wildman–Crippen MR) is 80.7 cm³/mol. The first-order valence-electron chi connectivity index (χ1n) is 6.82. The number of nitrogens with one attached hydrogen (secondary N) is 3. The van der Waals surface area contributed by atoms with Gasteiger partial charge in [-0.1, -0.05) is 6.92 Å². The van der Waals surface area contributed by atoms with Crippen molar-refractivity contribution in [3.63, 3.8) is 0 Å². The second-order valence-corrected chi connectivity index (χ2v) is 4.42. The SMILES string of the molecule is CCCOc1nc(NC)nc(NCCNC(=O)N(C)C)n1. The molecule has 1 rings (SSSR count). The Morgan fingerprint density at radius 1 is 1.19 bits per heavy atom. The highest BCUT2D eigenvalue weighted by Crippen LogP contribution is 2.10. The van der Waals surface area contributed by atoms with Crippen molar-refractivity contribution >= 4 is 17.9 Å². The lowest BCUT2D eigenvalue weighted by Crippen LogP contribution is -2.37. The van der Waals surface area contributed by atoms with Gasteiger partial charge in [-0.25, -0.2) is 4.79 Å². The Hall–Kier alpha value is -2.32. The van der Waals surface area contributed by atoms with Crippen LogP contribution in [0.3, 0.4) is 0 Å². The van der Waals surface area contributed by atoms with Crippen LogP contribution in [0, 0.1) is 0 Å². The van der Waals surface area contributed by atoms with Gasteiger partial charge in [-0.15, -0.1) is 0 Å². The van der Waals surface area contributed by atoms with E-state index in [1.54, 1.807) is 21.1 Å². The summed E-state index contributed by atoms with van der Waals surface area (Å²) in [6.45, 7) is 3.51. The van der Waals surface area contributed by atoms with Gasteiger partial charge in [0.25, 0.3) is 0 Å². The van der Waals surface area contributed by atoms with Crippen LogP contribution < -0.4 is 20.7 Å². The third-order valence-corrected chi connectivity index (χ3v) is 2.36. The standard InChI is InChI=1S/C12H23N7O2/c1-5-8-21-11-17-9(13-2)16-10(18-11)14-6-7-15-12(20)19(3)4/h5-8H2,1-4H3,(H,15,20)(H2,13,14,16,17,18). The van der Waals surface area contributed by atoms with Gasteiger partial charge < -0.3 is 25.6 Å². The van der Waals surface area contributed by atoms with Crippen LogP contribution in [0.25, 0.3) is 0 Å². The number of nitrogens with zero attached hydrogens (tertiary/aromatic N) is 4. The molecule has 0 spiro atoms. The summed E-state index contributed by atoms with van der Waals surface area (Å²) in [6, 6.07) is 0.131. The number of ether oxygens (including phenoxy) is 1. The van der Waals surface area contributed by atoms with Crippen LogP contribution in [-0.2, 0) is 0 Å². The third kappa shape index (κ3) is 6.11. The van der Waals surface area contributed by atoms with E-state index in [4.69, 9.17) is 4.74 Å². The van der Waals surface area contributed by atoms with Crippen molar-refractivity contribution in [3.05, 3.63) is 0 Å². The van der Waals surface area contributed by atoms with Gasteiger partial charge in [-0.3, -0.25) is 0 Å². The molecule has 1 aromatic rings. The first-order chi connectivity index (χ1) is 10.1. The van der Waals surface area contributed by atoms with Gasteiger partial charge in [0.05, 0.1) is 6.61 Å². The fourth-order valence-electron chi connectivity index (χ4n) is 1.31. The van der Waals surface area contributed by atoms with E-state index in [0.717, 1.165) is 6.42 Å². The van der Waals surface area contributed by atoms with Gasteiger partial charge in [-0.2, -0.15) is 15.0 Å². The summed E-state index contributed by atoms with van der Waals surface area (Å²) in [7, 11) is 5.09. The van der Waals surface area contributed by atoms with E-state index >= 15 is 0 Å². The zero-order chi connectivity index (χ0) is 15.7. The first kappa shape index (κ1) is 16.7. The van der Waals surface area contributed by atoms with Crippen LogP contribution in [0.5, 0.6) is 6.01 Å². The van der Waals surface area contributed by atoms with Gasteiger partial charge in [0.15, 0.2) is 0 Å². The van der Waals surface area contributed by atoms with Crippen molar-refractivity contribution in [2.75, 3.05) is 51.5 Å². The Labute approximate surface area is 124 Å². The molecular formula is C12H23N7O2. The average Bonchev–Trinajstić information content (AvgIpc) is 2.48. The molecule has 0 saturated carbocycles. The molecule has 9 nitrogen and oxygen atoms in total. The maximum Gasteiger partial charge on any atom is 0.323 e. The molecule has 0 aliphatic heterocycles. The molecule has 9 heteroatoms. The maximum absolute atomic E-state index is 11.3. The topological polar surface area (TPSA) is 104 Å². The number of hydrogen-bond acceptors (Lipinski definition) is 7. The monoisotopic (exact) mass is 297 g/mol. The van der Waals surface area contributed by atoms with Gasteiger partial charge in [0.2, 0.25) is 11.9 Å². The van der Waals surface area contributed by atoms with Crippen LogP contribution in [-0.4, -0.2) is 66.7 Å². The highest BCUT2D eigenvalue weighted by atomic mass is 16.5. The molecule has 0 aliphatic carbocycles. The van der Waals surface area contributed by atoms with Gasteiger partial charge in [-0.05, 0) is 6.42 Å². The van der Waals surface area contributed by atoms with Gasteiger partial charge >= 0.3 is 12.0 Å². The van der Waals surface area contributed by atoms with Crippen molar-refractivity contribution in [2.45, 2.75) is 13.3 Å². The molecule has 0 fully saturated rings. The fourth-order valence-corrected chi connectivity index (χ4v) is 1.31. The van der Waals surface area contributed by atoms with E-state index in [9.17, 15) is 4.79 Å². The van der Waals surface area contributed by atoms with Crippen molar-refractivity contribution in [1.29, 1.82) is 0 Å². The van der Waals surface area contributed by atoms with Crippen LogP contribution >= 0.6 is 0 Å². The number of carbonyl (C=O) groups excluding carboxylic acids is 1. The molecule has 0 radical (unpaired) electrons. The average molecular weight is 297 g/mol. The minimum absolute atomic E-state index is 0.143. The molecule has 3 N–H and O–H groups in total. The van der Waals surface area contributed by atoms with E-state index in [1.165, 1.54) is 4.90 Å². The zero-order valence-corrected chi connectivity index (χ0v) is 12.9. The van der Waals surface area contributed by atoms with Gasteiger partial charge in [0, 0.05) is 34.2 Å².